The van der Waals surface area contributed by atoms with Gasteiger partial charge in [0, 0.05) is 24.5 Å². The second kappa shape index (κ2) is 9.33. The normalized spacial score (nSPS) is 17.6. The monoisotopic (exact) mass is 474 g/mol. The third-order valence-electron chi connectivity index (χ3n) is 6.13. The molecular formula is C28H27FN2O4. The first kappa shape index (κ1) is 24.1. The van der Waals surface area contributed by atoms with Crippen molar-refractivity contribution in [3.05, 3.63) is 101 Å². The lowest BCUT2D eigenvalue weighted by atomic mass is 9.85. The number of aliphatic hydroxyl groups excluding tert-OH is 1. The number of ether oxygens (including phenoxy) is 1. The van der Waals surface area contributed by atoms with Crippen molar-refractivity contribution >= 4 is 17.4 Å². The molecule has 0 bridgehead atoms. The van der Waals surface area contributed by atoms with Crippen molar-refractivity contribution in [3.8, 4) is 5.75 Å². The molecule has 6 nitrogen and oxygen atoms in total. The molecule has 1 atom stereocenters. The Morgan fingerprint density at radius 1 is 1.11 bits per heavy atom. The number of nitrogens with zero attached hydrogens (tertiary/aromatic N) is 2. The van der Waals surface area contributed by atoms with Crippen LogP contribution in [0.25, 0.3) is 5.76 Å². The van der Waals surface area contributed by atoms with Crippen LogP contribution in [0.4, 0.5) is 4.39 Å². The fourth-order valence-electron chi connectivity index (χ4n) is 4.21. The molecule has 0 radical (unpaired) electrons. The zero-order valence-electron chi connectivity index (χ0n) is 20.1. The summed E-state index contributed by atoms with van der Waals surface area (Å²) in [5, 5.41) is 11.2. The van der Waals surface area contributed by atoms with Gasteiger partial charge in [0.05, 0.1) is 18.7 Å². The lowest BCUT2D eigenvalue weighted by Crippen LogP contribution is -2.29. The van der Waals surface area contributed by atoms with E-state index in [-0.39, 0.29) is 28.8 Å². The maximum Gasteiger partial charge on any atom is 0.295 e. The van der Waals surface area contributed by atoms with E-state index in [0.717, 1.165) is 17.2 Å². The van der Waals surface area contributed by atoms with Gasteiger partial charge in [-0.15, -0.1) is 0 Å². The summed E-state index contributed by atoms with van der Waals surface area (Å²) < 4.78 is 19.3. The van der Waals surface area contributed by atoms with Gasteiger partial charge in [-0.05, 0) is 46.4 Å². The number of benzene rings is 2. The number of amides is 1. The molecule has 2 heterocycles. The second-order valence-corrected chi connectivity index (χ2v) is 9.51. The Hall–Kier alpha value is -4.00. The number of Topliss-reactive ketones (excluding diaryl/α,β-unsaturated/α-hetero) is 1. The van der Waals surface area contributed by atoms with Crippen LogP contribution in [0.15, 0.2) is 72.6 Å². The molecule has 3 aromatic rings. The van der Waals surface area contributed by atoms with Gasteiger partial charge in [-0.2, -0.15) is 0 Å². The highest BCUT2D eigenvalue weighted by molar-refractivity contribution is 6.46. The van der Waals surface area contributed by atoms with Crippen LogP contribution in [0.3, 0.4) is 0 Å². The Bertz CT molecular complexity index is 1290. The first-order valence-electron chi connectivity index (χ1n) is 11.2. The zero-order chi connectivity index (χ0) is 25.3. The summed E-state index contributed by atoms with van der Waals surface area (Å²) in [7, 11) is 1.34. The number of methoxy groups -OCH3 is 1. The molecule has 0 spiro atoms. The summed E-state index contributed by atoms with van der Waals surface area (Å²) in [5.41, 5.74) is 2.39. The zero-order valence-corrected chi connectivity index (χ0v) is 20.1. The van der Waals surface area contributed by atoms with Crippen LogP contribution in [0.2, 0.25) is 0 Å². The summed E-state index contributed by atoms with van der Waals surface area (Å²) in [6, 6.07) is 14.2. The average Bonchev–Trinajstić information content (AvgIpc) is 3.08. The highest BCUT2D eigenvalue weighted by Gasteiger charge is 2.46. The van der Waals surface area contributed by atoms with Crippen LogP contribution in [-0.2, 0) is 21.5 Å². The molecular weight excluding hydrogens is 447 g/mol. The Balaban J connectivity index is 1.86. The van der Waals surface area contributed by atoms with Crippen molar-refractivity contribution in [2.75, 3.05) is 7.11 Å². The highest BCUT2D eigenvalue weighted by atomic mass is 19.1. The van der Waals surface area contributed by atoms with Crippen LogP contribution in [0, 0.1) is 5.82 Å². The smallest absolute Gasteiger partial charge is 0.295 e. The molecule has 35 heavy (non-hydrogen) atoms. The van der Waals surface area contributed by atoms with E-state index in [1.807, 2.05) is 30.3 Å². The quantitative estimate of drug-likeness (QED) is 0.314. The van der Waals surface area contributed by atoms with Gasteiger partial charge in [0.15, 0.2) is 11.6 Å². The molecule has 1 aromatic heterocycles. The third kappa shape index (κ3) is 4.67. The predicted molar refractivity (Wildman–Crippen MR) is 130 cm³/mol. The van der Waals surface area contributed by atoms with E-state index in [1.165, 1.54) is 24.1 Å². The van der Waals surface area contributed by atoms with Gasteiger partial charge < -0.3 is 14.7 Å². The first-order chi connectivity index (χ1) is 16.6. The summed E-state index contributed by atoms with van der Waals surface area (Å²) in [6.45, 7) is 6.40. The maximum absolute atomic E-state index is 14.4. The van der Waals surface area contributed by atoms with Crippen molar-refractivity contribution in [1.82, 2.24) is 9.88 Å². The molecule has 1 saturated heterocycles. The van der Waals surface area contributed by atoms with E-state index in [9.17, 15) is 19.1 Å². The van der Waals surface area contributed by atoms with Gasteiger partial charge in [0.2, 0.25) is 0 Å². The number of rotatable bonds is 5. The molecule has 1 amide bonds. The fourth-order valence-corrected chi connectivity index (χ4v) is 4.21. The van der Waals surface area contributed by atoms with Crippen LogP contribution in [-0.4, -0.2) is 33.8 Å². The minimum Gasteiger partial charge on any atom is -0.507 e. The maximum atomic E-state index is 14.4. The standard InChI is InChI=1S/C28H27FN2O4/c1-28(2,3)20-10-7-18(8-11-20)24-23(25(32)19-9-12-22(35-4)21(29)14-19)26(33)27(34)31(24)16-17-6-5-13-30-15-17/h5-15,24,32H,16H2,1-4H3/t24-/m1/s1. The number of ketones is 1. The van der Waals surface area contributed by atoms with Crippen molar-refractivity contribution < 1.29 is 23.8 Å². The molecule has 1 N–H and O–H groups in total. The van der Waals surface area contributed by atoms with E-state index < -0.39 is 29.3 Å². The van der Waals surface area contributed by atoms with E-state index in [2.05, 4.69) is 25.8 Å². The van der Waals surface area contributed by atoms with Crippen molar-refractivity contribution in [3.63, 3.8) is 0 Å². The second-order valence-electron chi connectivity index (χ2n) is 9.51. The number of aliphatic hydroxyl groups is 1. The number of hydrogen-bond acceptors (Lipinski definition) is 5. The molecule has 7 heteroatoms. The summed E-state index contributed by atoms with van der Waals surface area (Å²) in [5.74, 6) is -2.69. The molecule has 1 aliphatic rings. The lowest BCUT2D eigenvalue weighted by molar-refractivity contribution is -0.140. The molecule has 1 aliphatic heterocycles. The van der Waals surface area contributed by atoms with Crippen molar-refractivity contribution in [2.45, 2.75) is 38.8 Å². The summed E-state index contributed by atoms with van der Waals surface area (Å²) >= 11 is 0. The molecule has 0 unspecified atom stereocenters. The highest BCUT2D eigenvalue weighted by Crippen LogP contribution is 2.41. The van der Waals surface area contributed by atoms with E-state index in [1.54, 1.807) is 18.5 Å². The van der Waals surface area contributed by atoms with Gasteiger partial charge in [-0.1, -0.05) is 51.1 Å². The SMILES string of the molecule is COc1ccc(C(O)=C2C(=O)C(=O)N(Cc3cccnc3)[C@@H]2c2ccc(C(C)(C)C)cc2)cc1F. The Morgan fingerprint density at radius 3 is 2.40 bits per heavy atom. The van der Waals surface area contributed by atoms with Crippen LogP contribution in [0.5, 0.6) is 5.75 Å². The third-order valence-corrected chi connectivity index (χ3v) is 6.13. The van der Waals surface area contributed by atoms with Crippen molar-refractivity contribution in [1.29, 1.82) is 0 Å². The molecule has 180 valence electrons. The number of likely N-dealkylation sites (tertiary alicyclic amines) is 1. The summed E-state index contributed by atoms with van der Waals surface area (Å²) in [6.07, 6.45) is 3.25. The Morgan fingerprint density at radius 2 is 1.83 bits per heavy atom. The first-order valence-corrected chi connectivity index (χ1v) is 11.2. The molecule has 2 aromatic carbocycles. The summed E-state index contributed by atoms with van der Waals surface area (Å²) in [4.78, 5) is 31.9. The van der Waals surface area contributed by atoms with Crippen LogP contribution >= 0.6 is 0 Å². The minimum absolute atomic E-state index is 0.00731. The molecule has 0 aliphatic carbocycles. The number of halogens is 1. The van der Waals surface area contributed by atoms with Gasteiger partial charge in [-0.3, -0.25) is 14.6 Å². The topological polar surface area (TPSA) is 79.7 Å². The van der Waals surface area contributed by atoms with Gasteiger partial charge in [-0.25, -0.2) is 4.39 Å². The van der Waals surface area contributed by atoms with Crippen LogP contribution < -0.4 is 4.74 Å². The lowest BCUT2D eigenvalue weighted by Gasteiger charge is -2.26. The Kier molecular flexibility index (Phi) is 6.43. The minimum atomic E-state index is -0.852. The fraction of sp³-hybridized carbons (Fsp3) is 0.250. The molecule has 4 rings (SSSR count). The van der Waals surface area contributed by atoms with Gasteiger partial charge >= 0.3 is 0 Å². The van der Waals surface area contributed by atoms with Crippen LogP contribution in [0.1, 0.15) is 49.1 Å². The number of aromatic nitrogens is 1. The van der Waals surface area contributed by atoms with E-state index >= 15 is 0 Å². The number of carbonyl (C=O) groups is 2. The van der Waals surface area contributed by atoms with E-state index in [4.69, 9.17) is 4.74 Å². The van der Waals surface area contributed by atoms with E-state index in [0.29, 0.717) is 5.56 Å². The largest absolute Gasteiger partial charge is 0.507 e. The number of carbonyl (C=O) groups excluding carboxylic acids is 2. The van der Waals surface area contributed by atoms with Gasteiger partial charge in [0.25, 0.3) is 11.7 Å². The average molecular weight is 475 g/mol. The Labute approximate surface area is 203 Å². The van der Waals surface area contributed by atoms with Gasteiger partial charge in [0.1, 0.15) is 5.76 Å². The number of hydrogen-bond donors (Lipinski definition) is 1. The van der Waals surface area contributed by atoms with Crippen molar-refractivity contribution in [2.24, 2.45) is 0 Å². The molecule has 1 fully saturated rings. The number of pyridine rings is 1. The molecule has 0 saturated carbocycles. The predicted octanol–water partition coefficient (Wildman–Crippen LogP) is 5.15.